The van der Waals surface area contributed by atoms with E-state index in [-0.39, 0.29) is 23.3 Å². The molecule has 0 atom stereocenters. The summed E-state index contributed by atoms with van der Waals surface area (Å²) in [5, 5.41) is 4.34. The third kappa shape index (κ3) is 4.69. The maximum absolute atomic E-state index is 13.3. The number of fused-ring (bicyclic) bond motifs is 1. The normalized spacial score (nSPS) is 14.7. The molecule has 1 N–H and O–H groups in total. The summed E-state index contributed by atoms with van der Waals surface area (Å²) in [7, 11) is 0. The molecule has 5 nitrogen and oxygen atoms in total. The van der Waals surface area contributed by atoms with E-state index < -0.39 is 0 Å². The van der Waals surface area contributed by atoms with E-state index in [1.54, 1.807) is 0 Å². The zero-order valence-corrected chi connectivity index (χ0v) is 19.2. The second-order valence-electron chi connectivity index (χ2n) is 8.49. The highest BCUT2D eigenvalue weighted by atomic mass is 32.2. The highest BCUT2D eigenvalue weighted by Gasteiger charge is 2.22. The number of carbonyl (C=O) groups is 1. The second-order valence-corrected chi connectivity index (χ2v) is 9.43. The van der Waals surface area contributed by atoms with Gasteiger partial charge in [0, 0.05) is 11.7 Å². The first-order chi connectivity index (χ1) is 14.9. The van der Waals surface area contributed by atoms with Crippen LogP contribution in [0.25, 0.3) is 10.9 Å². The van der Waals surface area contributed by atoms with Crippen molar-refractivity contribution in [1.29, 1.82) is 0 Å². The van der Waals surface area contributed by atoms with Crippen molar-refractivity contribution in [2.24, 2.45) is 0 Å². The van der Waals surface area contributed by atoms with Crippen molar-refractivity contribution in [2.45, 2.75) is 64.1 Å². The van der Waals surface area contributed by atoms with Gasteiger partial charge < -0.3 is 5.32 Å². The molecule has 1 aliphatic carbocycles. The Morgan fingerprint density at radius 1 is 1.10 bits per heavy atom. The smallest absolute Gasteiger partial charge is 0.262 e. The van der Waals surface area contributed by atoms with Crippen molar-refractivity contribution in [3.05, 3.63) is 63.4 Å². The number of anilines is 1. The number of aryl methyl sites for hydroxylation is 3. The third-order valence-corrected chi connectivity index (χ3v) is 6.94. The third-order valence-electron chi connectivity index (χ3n) is 5.99. The van der Waals surface area contributed by atoms with E-state index in [4.69, 9.17) is 4.98 Å². The minimum Gasteiger partial charge on any atom is -0.325 e. The van der Waals surface area contributed by atoms with Crippen molar-refractivity contribution in [2.75, 3.05) is 11.1 Å². The first-order valence-corrected chi connectivity index (χ1v) is 11.9. The van der Waals surface area contributed by atoms with Crippen LogP contribution in [0.15, 0.2) is 46.3 Å². The number of thioether (sulfide) groups is 1. The molecule has 31 heavy (non-hydrogen) atoms. The maximum atomic E-state index is 13.3. The fourth-order valence-corrected chi connectivity index (χ4v) is 5.44. The van der Waals surface area contributed by atoms with Gasteiger partial charge >= 0.3 is 0 Å². The number of carbonyl (C=O) groups excluding carboxylic acids is 1. The number of hydrogen-bond acceptors (Lipinski definition) is 4. The summed E-state index contributed by atoms with van der Waals surface area (Å²) in [4.78, 5) is 30.9. The Labute approximate surface area is 187 Å². The van der Waals surface area contributed by atoms with Crippen molar-refractivity contribution in [3.63, 3.8) is 0 Å². The van der Waals surface area contributed by atoms with Crippen molar-refractivity contribution < 1.29 is 4.79 Å². The van der Waals surface area contributed by atoms with E-state index in [1.807, 2.05) is 42.7 Å². The molecule has 0 saturated heterocycles. The van der Waals surface area contributed by atoms with Crippen LogP contribution in [0, 0.1) is 20.8 Å². The summed E-state index contributed by atoms with van der Waals surface area (Å²) in [6, 6.07) is 11.8. The molecular formula is C25H29N3O2S. The fraction of sp³-hybridized carbons (Fsp3) is 0.400. The standard InChI is InChI=1S/C25H29N3O2S/c1-16-13-17(2)23(18(3)14-16)27-22(29)15-31-25-26-21-12-8-7-11-20(21)24(30)28(25)19-9-5-4-6-10-19/h7-8,11-14,19H,4-6,9-10,15H2,1-3H3,(H,27,29). The van der Waals surface area contributed by atoms with Gasteiger partial charge in [-0.2, -0.15) is 0 Å². The second kappa shape index (κ2) is 9.27. The molecule has 0 aliphatic heterocycles. The lowest BCUT2D eigenvalue weighted by molar-refractivity contribution is -0.113. The summed E-state index contributed by atoms with van der Waals surface area (Å²) in [5.41, 5.74) is 4.85. The van der Waals surface area contributed by atoms with Crippen LogP contribution in [0.4, 0.5) is 5.69 Å². The maximum Gasteiger partial charge on any atom is 0.262 e. The quantitative estimate of drug-likeness (QED) is 0.421. The SMILES string of the molecule is Cc1cc(C)c(NC(=O)CSc2nc3ccccc3c(=O)n2C2CCCCC2)c(C)c1. The molecule has 1 aromatic heterocycles. The number of nitrogens with zero attached hydrogens (tertiary/aromatic N) is 2. The molecule has 0 bridgehead atoms. The minimum atomic E-state index is -0.0855. The molecule has 2 aromatic carbocycles. The van der Waals surface area contributed by atoms with Crippen LogP contribution in [0.5, 0.6) is 0 Å². The highest BCUT2D eigenvalue weighted by molar-refractivity contribution is 7.99. The molecule has 1 aliphatic rings. The highest BCUT2D eigenvalue weighted by Crippen LogP contribution is 2.31. The minimum absolute atomic E-state index is 0.00521. The predicted octanol–water partition coefficient (Wildman–Crippen LogP) is 5.56. The molecule has 4 rings (SSSR count). The Morgan fingerprint density at radius 2 is 1.77 bits per heavy atom. The van der Waals surface area contributed by atoms with Gasteiger partial charge in [0.1, 0.15) is 0 Å². The molecule has 0 unspecified atom stereocenters. The van der Waals surface area contributed by atoms with Crippen molar-refractivity contribution >= 4 is 34.3 Å². The molecule has 1 heterocycles. The van der Waals surface area contributed by atoms with Crippen LogP contribution in [0.2, 0.25) is 0 Å². The van der Waals surface area contributed by atoms with Crippen molar-refractivity contribution in [3.8, 4) is 0 Å². The number of aromatic nitrogens is 2. The summed E-state index contributed by atoms with van der Waals surface area (Å²) >= 11 is 1.35. The molecule has 6 heteroatoms. The lowest BCUT2D eigenvalue weighted by Crippen LogP contribution is -2.29. The lowest BCUT2D eigenvalue weighted by atomic mass is 9.95. The molecule has 162 valence electrons. The topological polar surface area (TPSA) is 64.0 Å². The first-order valence-electron chi connectivity index (χ1n) is 11.0. The largest absolute Gasteiger partial charge is 0.325 e. The zero-order chi connectivity index (χ0) is 22.0. The number of rotatable bonds is 5. The summed E-state index contributed by atoms with van der Waals surface area (Å²) in [6.45, 7) is 6.07. The van der Waals surface area contributed by atoms with Crippen LogP contribution in [0.1, 0.15) is 54.8 Å². The van der Waals surface area contributed by atoms with E-state index in [0.29, 0.717) is 16.1 Å². The first kappa shape index (κ1) is 21.6. The van der Waals surface area contributed by atoms with Gasteiger partial charge in [0.15, 0.2) is 5.16 Å². The van der Waals surface area contributed by atoms with E-state index in [9.17, 15) is 9.59 Å². The summed E-state index contributed by atoms with van der Waals surface area (Å²) in [6.07, 6.45) is 5.44. The Balaban J connectivity index is 1.60. The number of nitrogens with one attached hydrogen (secondary N) is 1. The Kier molecular flexibility index (Phi) is 6.46. The van der Waals surface area contributed by atoms with Gasteiger partial charge in [-0.05, 0) is 56.9 Å². The lowest BCUT2D eigenvalue weighted by Gasteiger charge is -2.26. The molecular weight excluding hydrogens is 406 g/mol. The molecule has 0 spiro atoms. The van der Waals surface area contributed by atoms with Gasteiger partial charge in [0.25, 0.3) is 5.56 Å². The average molecular weight is 436 g/mol. The van der Waals surface area contributed by atoms with Crippen LogP contribution >= 0.6 is 11.8 Å². The molecule has 1 fully saturated rings. The molecule has 3 aromatic rings. The van der Waals surface area contributed by atoms with Crippen molar-refractivity contribution in [1.82, 2.24) is 9.55 Å². The van der Waals surface area contributed by atoms with E-state index in [0.717, 1.165) is 42.5 Å². The van der Waals surface area contributed by atoms with E-state index in [1.165, 1.54) is 23.7 Å². The average Bonchev–Trinajstić information content (AvgIpc) is 2.75. The van der Waals surface area contributed by atoms with Gasteiger partial charge in [-0.15, -0.1) is 0 Å². The zero-order valence-electron chi connectivity index (χ0n) is 18.4. The predicted molar refractivity (Wildman–Crippen MR) is 128 cm³/mol. The Hall–Kier alpha value is -2.60. The van der Waals surface area contributed by atoms with Gasteiger partial charge in [-0.1, -0.05) is 60.9 Å². The van der Waals surface area contributed by atoms with Crippen LogP contribution in [-0.4, -0.2) is 21.2 Å². The fourth-order valence-electron chi connectivity index (χ4n) is 4.57. The van der Waals surface area contributed by atoms with Gasteiger partial charge in [0.05, 0.1) is 16.7 Å². The van der Waals surface area contributed by atoms with Crippen LogP contribution in [-0.2, 0) is 4.79 Å². The summed E-state index contributed by atoms with van der Waals surface area (Å²) < 4.78 is 1.85. The number of hydrogen-bond donors (Lipinski definition) is 1. The van der Waals surface area contributed by atoms with Gasteiger partial charge in [-0.25, -0.2) is 4.98 Å². The molecule has 1 amide bonds. The number of benzene rings is 2. The monoisotopic (exact) mass is 435 g/mol. The number of amides is 1. The van der Waals surface area contributed by atoms with Crippen LogP contribution in [0.3, 0.4) is 0 Å². The van der Waals surface area contributed by atoms with Crippen LogP contribution < -0.4 is 10.9 Å². The van der Waals surface area contributed by atoms with E-state index >= 15 is 0 Å². The number of para-hydroxylation sites is 1. The van der Waals surface area contributed by atoms with Gasteiger partial charge in [0.2, 0.25) is 5.91 Å². The van der Waals surface area contributed by atoms with Gasteiger partial charge in [-0.3, -0.25) is 14.2 Å². The molecule has 0 radical (unpaired) electrons. The Bertz CT molecular complexity index is 1160. The van der Waals surface area contributed by atoms with E-state index in [2.05, 4.69) is 24.4 Å². The Morgan fingerprint density at radius 3 is 2.48 bits per heavy atom. The summed E-state index contributed by atoms with van der Waals surface area (Å²) in [5.74, 6) is 0.127. The molecule has 1 saturated carbocycles.